The number of ether oxygens (including phenoxy) is 1. The Hall–Kier alpha value is -3.15. The number of likely N-dealkylation sites (tertiary alicyclic amines) is 1. The maximum atomic E-state index is 13.0. The monoisotopic (exact) mass is 408 g/mol. The van der Waals surface area contributed by atoms with Gasteiger partial charge in [-0.25, -0.2) is 0 Å². The molecule has 1 fully saturated rings. The summed E-state index contributed by atoms with van der Waals surface area (Å²) in [5, 5.41) is 11.2. The Kier molecular flexibility index (Phi) is 6.55. The second-order valence-corrected chi connectivity index (χ2v) is 7.74. The van der Waals surface area contributed by atoms with Crippen molar-refractivity contribution < 1.29 is 19.4 Å². The molecule has 0 radical (unpaired) electrons. The third kappa shape index (κ3) is 3.95. The van der Waals surface area contributed by atoms with E-state index in [9.17, 15) is 14.7 Å². The number of hydrogen-bond acceptors (Lipinski definition) is 5. The highest BCUT2D eigenvalue weighted by Crippen LogP contribution is 2.40. The highest BCUT2D eigenvalue weighted by atomic mass is 16.5. The number of carbonyl (C=O) groups excluding carboxylic acids is 2. The van der Waals surface area contributed by atoms with E-state index in [4.69, 9.17) is 4.74 Å². The fraction of sp³-hybridized carbons (Fsp3) is 0.375. The average Bonchev–Trinajstić information content (AvgIpc) is 3.02. The molecular weight excluding hydrogens is 380 g/mol. The largest absolute Gasteiger partial charge is 0.507 e. The van der Waals surface area contributed by atoms with Crippen LogP contribution in [-0.2, 0) is 9.59 Å². The molecule has 158 valence electrons. The summed E-state index contributed by atoms with van der Waals surface area (Å²) in [6, 6.07) is 8.23. The topological polar surface area (TPSA) is 79.7 Å². The molecule has 6 heteroatoms. The van der Waals surface area contributed by atoms with Gasteiger partial charge < -0.3 is 14.7 Å². The SMILES string of the molecule is CCCCN1C(=O)C(=O)/C(=C(\O)c2ccc(OC)c(C(C)C)c2)C1c1cccnc1. The third-order valence-corrected chi connectivity index (χ3v) is 5.42. The van der Waals surface area contributed by atoms with Gasteiger partial charge >= 0.3 is 0 Å². The Morgan fingerprint density at radius 1 is 1.27 bits per heavy atom. The normalized spacial score (nSPS) is 18.3. The number of unbranched alkanes of at least 4 members (excludes halogenated alkanes) is 1. The molecule has 1 saturated heterocycles. The quantitative estimate of drug-likeness (QED) is 0.416. The molecule has 2 heterocycles. The van der Waals surface area contributed by atoms with Crippen LogP contribution in [-0.4, -0.2) is 40.3 Å². The molecule has 1 aromatic carbocycles. The molecule has 30 heavy (non-hydrogen) atoms. The molecule has 0 aliphatic carbocycles. The van der Waals surface area contributed by atoms with Crippen LogP contribution in [0.1, 0.15) is 62.3 Å². The number of ketones is 1. The van der Waals surface area contributed by atoms with Gasteiger partial charge in [-0.1, -0.05) is 33.3 Å². The van der Waals surface area contributed by atoms with Gasteiger partial charge in [0, 0.05) is 24.5 Å². The molecule has 1 atom stereocenters. The van der Waals surface area contributed by atoms with E-state index in [0.29, 0.717) is 23.4 Å². The third-order valence-electron chi connectivity index (χ3n) is 5.42. The Morgan fingerprint density at radius 2 is 2.03 bits per heavy atom. The van der Waals surface area contributed by atoms with Gasteiger partial charge in [-0.05, 0) is 47.7 Å². The van der Waals surface area contributed by atoms with Gasteiger partial charge in [0.2, 0.25) is 0 Å². The first-order chi connectivity index (χ1) is 14.4. The van der Waals surface area contributed by atoms with Crippen LogP contribution >= 0.6 is 0 Å². The van der Waals surface area contributed by atoms with E-state index in [1.54, 1.807) is 42.6 Å². The van der Waals surface area contributed by atoms with E-state index in [1.165, 1.54) is 0 Å². The Balaban J connectivity index is 2.17. The molecule has 1 N–H and O–H groups in total. The Morgan fingerprint density at radius 3 is 2.63 bits per heavy atom. The molecule has 1 unspecified atom stereocenters. The van der Waals surface area contributed by atoms with Crippen molar-refractivity contribution in [3.63, 3.8) is 0 Å². The smallest absolute Gasteiger partial charge is 0.295 e. The van der Waals surface area contributed by atoms with E-state index in [1.807, 2.05) is 32.9 Å². The number of benzene rings is 1. The van der Waals surface area contributed by atoms with Gasteiger partial charge in [0.25, 0.3) is 11.7 Å². The molecule has 1 amide bonds. The summed E-state index contributed by atoms with van der Waals surface area (Å²) >= 11 is 0. The van der Waals surface area contributed by atoms with E-state index < -0.39 is 17.7 Å². The molecule has 0 bridgehead atoms. The number of Topliss-reactive ketones (excluding diaryl/α,β-unsaturated/α-hetero) is 1. The van der Waals surface area contributed by atoms with Crippen molar-refractivity contribution in [3.8, 4) is 5.75 Å². The maximum Gasteiger partial charge on any atom is 0.295 e. The number of aliphatic hydroxyl groups is 1. The van der Waals surface area contributed by atoms with Crippen molar-refractivity contribution in [1.29, 1.82) is 0 Å². The summed E-state index contributed by atoms with van der Waals surface area (Å²) in [6.45, 7) is 6.53. The van der Waals surface area contributed by atoms with Gasteiger partial charge in [-0.2, -0.15) is 0 Å². The zero-order valence-electron chi connectivity index (χ0n) is 17.9. The maximum absolute atomic E-state index is 13.0. The predicted octanol–water partition coefficient (Wildman–Crippen LogP) is 4.44. The van der Waals surface area contributed by atoms with Crippen molar-refractivity contribution in [2.45, 2.75) is 45.6 Å². The number of hydrogen-bond donors (Lipinski definition) is 1. The first kappa shape index (κ1) is 21.6. The fourth-order valence-electron chi connectivity index (χ4n) is 3.81. The number of nitrogens with zero attached hydrogens (tertiary/aromatic N) is 2. The number of carbonyl (C=O) groups is 2. The summed E-state index contributed by atoms with van der Waals surface area (Å²) in [4.78, 5) is 31.5. The molecule has 0 spiro atoms. The summed E-state index contributed by atoms with van der Waals surface area (Å²) < 4.78 is 5.42. The van der Waals surface area contributed by atoms with Crippen LogP contribution in [0.5, 0.6) is 5.75 Å². The molecular formula is C24H28N2O4. The van der Waals surface area contributed by atoms with Gasteiger partial charge in [0.05, 0.1) is 18.7 Å². The van der Waals surface area contributed by atoms with Crippen LogP contribution in [0.3, 0.4) is 0 Å². The predicted molar refractivity (Wildman–Crippen MR) is 115 cm³/mol. The molecule has 3 rings (SSSR count). The van der Waals surface area contributed by atoms with Crippen molar-refractivity contribution in [2.75, 3.05) is 13.7 Å². The minimum atomic E-state index is -0.667. The van der Waals surface area contributed by atoms with Crippen LogP contribution in [0.25, 0.3) is 5.76 Å². The minimum absolute atomic E-state index is 0.101. The summed E-state index contributed by atoms with van der Waals surface area (Å²) in [5.41, 5.74) is 2.21. The fourth-order valence-corrected chi connectivity index (χ4v) is 3.81. The summed E-state index contributed by atoms with van der Waals surface area (Å²) in [7, 11) is 1.60. The van der Waals surface area contributed by atoms with Crippen molar-refractivity contribution >= 4 is 17.4 Å². The van der Waals surface area contributed by atoms with Crippen molar-refractivity contribution in [2.24, 2.45) is 0 Å². The van der Waals surface area contributed by atoms with E-state index in [2.05, 4.69) is 4.98 Å². The van der Waals surface area contributed by atoms with Gasteiger partial charge in [0.1, 0.15) is 11.5 Å². The average molecular weight is 408 g/mol. The van der Waals surface area contributed by atoms with E-state index in [-0.39, 0.29) is 17.3 Å². The summed E-state index contributed by atoms with van der Waals surface area (Å²) in [5.74, 6) is -0.552. The lowest BCUT2D eigenvalue weighted by Gasteiger charge is -2.25. The van der Waals surface area contributed by atoms with Gasteiger partial charge in [-0.3, -0.25) is 14.6 Å². The van der Waals surface area contributed by atoms with Crippen LogP contribution in [0.2, 0.25) is 0 Å². The number of amides is 1. The zero-order valence-corrected chi connectivity index (χ0v) is 17.9. The van der Waals surface area contributed by atoms with Crippen molar-refractivity contribution in [3.05, 3.63) is 65.0 Å². The first-order valence-corrected chi connectivity index (χ1v) is 10.3. The number of aromatic nitrogens is 1. The second kappa shape index (κ2) is 9.11. The van der Waals surface area contributed by atoms with Crippen LogP contribution in [0, 0.1) is 0 Å². The molecule has 1 aliphatic rings. The molecule has 1 aliphatic heterocycles. The lowest BCUT2D eigenvalue weighted by Crippen LogP contribution is -2.30. The number of methoxy groups -OCH3 is 1. The van der Waals surface area contributed by atoms with Gasteiger partial charge in [-0.15, -0.1) is 0 Å². The standard InChI is InChI=1S/C24H28N2O4/c1-5-6-12-26-21(17-8-7-11-25-14-17)20(23(28)24(26)29)22(27)16-9-10-19(30-4)18(13-16)15(2)3/h7-11,13-15,21,27H,5-6,12H2,1-4H3/b22-20-. The zero-order chi connectivity index (χ0) is 21.8. The molecule has 6 nitrogen and oxygen atoms in total. The van der Waals surface area contributed by atoms with Crippen molar-refractivity contribution in [1.82, 2.24) is 9.88 Å². The molecule has 2 aromatic rings. The highest BCUT2D eigenvalue weighted by molar-refractivity contribution is 6.46. The molecule has 0 saturated carbocycles. The number of aliphatic hydroxyl groups excluding tert-OH is 1. The lowest BCUT2D eigenvalue weighted by atomic mass is 9.93. The van der Waals surface area contributed by atoms with E-state index in [0.717, 1.165) is 18.4 Å². The summed E-state index contributed by atoms with van der Waals surface area (Å²) in [6.07, 6.45) is 4.93. The number of pyridine rings is 1. The Labute approximate surface area is 177 Å². The first-order valence-electron chi connectivity index (χ1n) is 10.3. The molecule has 1 aromatic heterocycles. The van der Waals surface area contributed by atoms with Crippen LogP contribution in [0.4, 0.5) is 0 Å². The van der Waals surface area contributed by atoms with Gasteiger partial charge in [0.15, 0.2) is 0 Å². The Bertz CT molecular complexity index is 966. The van der Waals surface area contributed by atoms with E-state index >= 15 is 0 Å². The lowest BCUT2D eigenvalue weighted by molar-refractivity contribution is -0.139. The van der Waals surface area contributed by atoms with Crippen LogP contribution < -0.4 is 4.74 Å². The number of rotatable bonds is 7. The highest BCUT2D eigenvalue weighted by Gasteiger charge is 2.45. The second-order valence-electron chi connectivity index (χ2n) is 7.74. The minimum Gasteiger partial charge on any atom is -0.507 e. The van der Waals surface area contributed by atoms with Crippen LogP contribution in [0.15, 0.2) is 48.3 Å².